The molecule has 3 aliphatic heterocycles. The highest BCUT2D eigenvalue weighted by Crippen LogP contribution is 2.50. The fourth-order valence-electron chi connectivity index (χ4n) is 11.8. The monoisotopic (exact) mass is 1440 g/mol. The number of aliphatic hydroxyl groups excluding tert-OH is 4. The number of aliphatic hydroxyl groups is 5. The Morgan fingerprint density at radius 1 is 0.944 bits per heavy atom. The van der Waals surface area contributed by atoms with Gasteiger partial charge in [-0.3, -0.25) is 24.5 Å². The Morgan fingerprint density at radius 3 is 2.23 bits per heavy atom. The number of Topliss-reactive ketones (excluding diaryl/α,β-unsaturated/α-hetero) is 1. The normalized spacial score (nSPS) is 33.4. The van der Waals surface area contributed by atoms with Crippen molar-refractivity contribution in [2.45, 2.75) is 208 Å². The topological polar surface area (TPSA) is 325 Å². The van der Waals surface area contributed by atoms with Crippen LogP contribution in [0.25, 0.3) is 0 Å². The lowest BCUT2D eigenvalue weighted by atomic mass is 9.76. The van der Waals surface area contributed by atoms with Gasteiger partial charge in [0.2, 0.25) is 23.1 Å². The Bertz CT molecular complexity index is 2760. The number of hydrogen-bond donors (Lipinski definition) is 7. The molecule has 3 heterocycles. The van der Waals surface area contributed by atoms with E-state index in [0.717, 1.165) is 25.2 Å². The summed E-state index contributed by atoms with van der Waals surface area (Å²) in [6.07, 6.45) is -9.32. The summed E-state index contributed by atoms with van der Waals surface area (Å²) in [7, 11) is 9.63. The zero-order chi connectivity index (χ0) is 66.7. The van der Waals surface area contributed by atoms with Crippen LogP contribution in [-0.2, 0) is 57.1 Å². The second-order valence-corrected chi connectivity index (χ2v) is 28.8. The van der Waals surface area contributed by atoms with Crippen LogP contribution in [0.5, 0.6) is 17.2 Å². The van der Waals surface area contributed by atoms with Crippen molar-refractivity contribution in [1.82, 2.24) is 15.7 Å². The third kappa shape index (κ3) is 17.9. The Hall–Kier alpha value is -3.45. The Balaban J connectivity index is 1.27. The molecule has 2 amide bonds. The molecule has 0 bridgehead atoms. The van der Waals surface area contributed by atoms with Crippen LogP contribution in [0.3, 0.4) is 0 Å². The number of likely N-dealkylation sites (N-methyl/N-ethyl adjacent to an activating group) is 1. The fourth-order valence-corrected chi connectivity index (χ4v) is 16.0. The molecule has 6 rings (SSSR count). The number of amides is 2. The molecule has 29 heteroatoms. The number of ketones is 1. The van der Waals surface area contributed by atoms with E-state index in [1.165, 1.54) is 76.0 Å². The van der Waals surface area contributed by atoms with Crippen molar-refractivity contribution in [2.24, 2.45) is 5.92 Å². The van der Waals surface area contributed by atoms with Crippen molar-refractivity contribution in [3.05, 3.63) is 62.4 Å². The zero-order valence-electron chi connectivity index (χ0n) is 53.4. The average Bonchev–Trinajstić information content (AvgIpc) is 0.792. The van der Waals surface area contributed by atoms with Gasteiger partial charge in [-0.2, -0.15) is 5.48 Å². The summed E-state index contributed by atoms with van der Waals surface area (Å²) < 4.78 is 66.4. The summed E-state index contributed by atoms with van der Waals surface area (Å²) >= 11 is 2.95. The van der Waals surface area contributed by atoms with Gasteiger partial charge in [0.25, 0.3) is 0 Å². The summed E-state index contributed by atoms with van der Waals surface area (Å²) in [5.74, 6) is -0.658. The minimum Gasteiger partial charge on any atom is -0.492 e. The van der Waals surface area contributed by atoms with E-state index >= 15 is 0 Å². The molecular weight excluding hydrogens is 1350 g/mol. The molecule has 0 spiro atoms. The van der Waals surface area contributed by atoms with Gasteiger partial charge in [-0.05, 0) is 94.5 Å². The van der Waals surface area contributed by atoms with E-state index in [2.05, 4.69) is 17.4 Å². The lowest BCUT2D eigenvalue weighted by Crippen LogP contribution is -2.65. The molecule has 0 radical (unpaired) electrons. The van der Waals surface area contributed by atoms with E-state index < -0.39 is 137 Å². The van der Waals surface area contributed by atoms with Crippen molar-refractivity contribution >= 4 is 85.1 Å². The van der Waals surface area contributed by atoms with Crippen molar-refractivity contribution in [3.8, 4) is 17.2 Å². The Morgan fingerprint density at radius 2 is 1.63 bits per heavy atom. The van der Waals surface area contributed by atoms with E-state index in [9.17, 15) is 49.5 Å². The molecule has 1 saturated carbocycles. The molecule has 0 aromatic heterocycles. The first-order valence-corrected chi connectivity index (χ1v) is 34.0. The molecule has 3 saturated heterocycles. The first kappa shape index (κ1) is 75.6. The maximum Gasteiger partial charge on any atom is 0.411 e. The lowest BCUT2D eigenvalue weighted by Gasteiger charge is -2.47. The standard InChI is InChI=1S/C61H90IN3O22S3/c1-16-18-19-39(43-35(20-23-88-90-60(8,9)21-22-66)61(10,75)27-38(69)46(43)63-59(74)80-15)84-58-53(85-41-26-40(76-11)36(28-81-41)65(17-2)33(7)67)48(71)45(31(5)82-58)64-87-34-24-29(3)55(37(68)25-34)89-56(73)42-30(4)44(62)51(54(79-14)50(42)77-12)86-57-49(72)52(78-13)47(70)32(6)83-57/h16,18-20,22,29,31-32,34,36-37,39-41,45,47-49,52-53,55,57-58,64,68,70-72,75H,1,17,21,23-28H2,2-15H3,(H,63,74)/b19-18-,35-20+/t29?,31?,32?,34?,36?,37?,39-,40?,41?,45?,47?,48?,49?,52?,53?,55?,57?,58?,61?/m0/s1. The number of hydrogen-bond acceptors (Lipinski definition) is 26. The number of aldehydes is 1. The molecular formula is C61H90IN3O22S3. The highest BCUT2D eigenvalue weighted by molar-refractivity contribution is 14.1. The molecule has 7 N–H and O–H groups in total. The number of ether oxygens (including phenoxy) is 11. The van der Waals surface area contributed by atoms with Crippen LogP contribution < -0.4 is 25.0 Å². The number of benzene rings is 1. The van der Waals surface area contributed by atoms with Crippen LogP contribution >= 0.6 is 55.9 Å². The summed E-state index contributed by atoms with van der Waals surface area (Å²) in [5, 5.41) is 59.8. The SMILES string of the molecule is C=C/C=C\[C@H](OC1OC(C)C(NOC2CC(C)C(SC(=O)c3c(C)c(I)c(OC4OC(C)C(O)C(OC)C4O)c(OC)c3OC)C(O)C2)C(O)C1OC1CC(OC)C(N(CC)C(C)=O)CO1)C1=C(NC(=O)OC)C(=O)CC(C)(O)/C1=C/CSSC(C)(C)CC=O. The minimum absolute atomic E-state index is 0.000525. The van der Waals surface area contributed by atoms with E-state index in [4.69, 9.17) is 56.9 Å². The number of nitrogens with one attached hydrogen (secondary N) is 2. The number of allylic oxidation sites excluding steroid dienone is 3. The third-order valence-electron chi connectivity index (χ3n) is 16.6. The van der Waals surface area contributed by atoms with Gasteiger partial charge in [0.15, 0.2) is 29.9 Å². The largest absolute Gasteiger partial charge is 0.492 e. The van der Waals surface area contributed by atoms with E-state index in [-0.39, 0.29) is 83.1 Å². The maximum absolute atomic E-state index is 14.5. The summed E-state index contributed by atoms with van der Waals surface area (Å²) in [4.78, 5) is 73.9. The van der Waals surface area contributed by atoms with Crippen LogP contribution in [0.15, 0.2) is 47.7 Å². The van der Waals surface area contributed by atoms with Gasteiger partial charge in [-0.15, -0.1) is 0 Å². The Labute approximate surface area is 552 Å². The van der Waals surface area contributed by atoms with Crippen molar-refractivity contribution in [3.63, 3.8) is 0 Å². The van der Waals surface area contributed by atoms with Crippen molar-refractivity contribution in [1.29, 1.82) is 0 Å². The maximum atomic E-state index is 14.5. The van der Waals surface area contributed by atoms with Gasteiger partial charge in [-0.25, -0.2) is 4.79 Å². The molecule has 5 aliphatic rings. The second kappa shape index (κ2) is 33.8. The van der Waals surface area contributed by atoms with Crippen LogP contribution in [0, 0.1) is 16.4 Å². The smallest absolute Gasteiger partial charge is 0.411 e. The molecule has 19 atom stereocenters. The fraction of sp³-hybridized carbons (Fsp3) is 0.689. The van der Waals surface area contributed by atoms with E-state index in [1.54, 1.807) is 37.8 Å². The Kier molecular flexibility index (Phi) is 28.4. The predicted octanol–water partition coefficient (Wildman–Crippen LogP) is 5.39. The third-order valence-corrected chi connectivity index (χ3v) is 22.5. The molecule has 4 fully saturated rings. The van der Waals surface area contributed by atoms with Gasteiger partial charge >= 0.3 is 6.09 Å². The number of carbonyl (C=O) groups is 5. The van der Waals surface area contributed by atoms with Crippen molar-refractivity contribution in [2.75, 3.05) is 54.5 Å². The van der Waals surface area contributed by atoms with Gasteiger partial charge in [0.05, 0.1) is 91.0 Å². The van der Waals surface area contributed by atoms with Crippen LogP contribution in [0.1, 0.15) is 103 Å². The summed E-state index contributed by atoms with van der Waals surface area (Å²) in [5.41, 5.74) is 1.88. The number of hydroxylamine groups is 1. The zero-order valence-corrected chi connectivity index (χ0v) is 58.0. The van der Waals surface area contributed by atoms with E-state index in [0.29, 0.717) is 22.1 Å². The number of thioether (sulfide) groups is 1. The van der Waals surface area contributed by atoms with E-state index in [1.807, 2.05) is 50.3 Å². The molecule has 1 aromatic rings. The van der Waals surface area contributed by atoms with Crippen LogP contribution in [0.4, 0.5) is 4.79 Å². The number of methoxy groups -OCH3 is 5. The van der Waals surface area contributed by atoms with Gasteiger partial charge in [0.1, 0.15) is 42.9 Å². The van der Waals surface area contributed by atoms with Gasteiger partial charge in [0, 0.05) is 74.7 Å². The first-order chi connectivity index (χ1) is 42.6. The molecule has 90 heavy (non-hydrogen) atoms. The number of rotatable bonds is 27. The van der Waals surface area contributed by atoms with Gasteiger partial charge in [-0.1, -0.05) is 71.2 Å². The average molecular weight is 1440 g/mol. The summed E-state index contributed by atoms with van der Waals surface area (Å²) in [6, 6.07) is -1.54. The highest BCUT2D eigenvalue weighted by Gasteiger charge is 2.52. The first-order valence-electron chi connectivity index (χ1n) is 29.7. The molecule has 506 valence electrons. The quantitative estimate of drug-likeness (QED) is 0.0145. The number of nitrogens with zero attached hydrogens (tertiary/aromatic N) is 1. The number of alkyl carbamates (subject to hydrolysis) is 1. The van der Waals surface area contributed by atoms with Gasteiger partial charge < -0.3 is 87.3 Å². The van der Waals surface area contributed by atoms with Crippen molar-refractivity contribution < 1.29 is 106 Å². The predicted molar refractivity (Wildman–Crippen MR) is 344 cm³/mol. The second-order valence-electron chi connectivity index (χ2n) is 23.5. The summed E-state index contributed by atoms with van der Waals surface area (Å²) in [6.45, 7) is 19.7. The molecule has 2 aliphatic carbocycles. The number of carbonyl (C=O) groups excluding carboxylic acids is 5. The van der Waals surface area contributed by atoms with Crippen LogP contribution in [-0.4, -0.2) is 228 Å². The molecule has 1 aromatic carbocycles. The molecule has 18 unspecified atom stereocenters. The minimum atomic E-state index is -1.81. The lowest BCUT2D eigenvalue weighted by molar-refractivity contribution is -0.333. The number of halogens is 1. The molecule has 25 nitrogen and oxygen atoms in total. The van der Waals surface area contributed by atoms with Crippen LogP contribution in [0.2, 0.25) is 0 Å². The highest BCUT2D eigenvalue weighted by atomic mass is 127.